The number of rotatable bonds is 3. The zero-order valence-corrected chi connectivity index (χ0v) is 13.2. The molecular weight excluding hydrogens is 260 g/mol. The van der Waals surface area contributed by atoms with Crippen molar-refractivity contribution in [1.29, 1.82) is 5.26 Å². The number of nitrogens with zero attached hydrogens (tertiary/aromatic N) is 2. The number of aromatic nitrogens is 1. The number of hydrogen-bond acceptors (Lipinski definition) is 3. The van der Waals surface area contributed by atoms with Gasteiger partial charge in [0.25, 0.3) is 0 Å². The molecule has 0 aliphatic carbocycles. The van der Waals surface area contributed by atoms with Crippen molar-refractivity contribution in [2.75, 3.05) is 0 Å². The molecule has 0 N–H and O–H groups in total. The van der Waals surface area contributed by atoms with Crippen molar-refractivity contribution in [3.8, 4) is 17.6 Å². The van der Waals surface area contributed by atoms with E-state index in [0.29, 0.717) is 22.9 Å². The quantitative estimate of drug-likeness (QED) is 0.811. The van der Waals surface area contributed by atoms with Crippen LogP contribution in [0.2, 0.25) is 0 Å². The Hall–Kier alpha value is -2.34. The third kappa shape index (κ3) is 3.22. The Balaban J connectivity index is 2.53. The summed E-state index contributed by atoms with van der Waals surface area (Å²) >= 11 is 0. The lowest BCUT2D eigenvalue weighted by Crippen LogP contribution is -1.99. The topological polar surface area (TPSA) is 45.9 Å². The summed E-state index contributed by atoms with van der Waals surface area (Å²) in [7, 11) is 0. The second-order valence-electron chi connectivity index (χ2n) is 5.63. The van der Waals surface area contributed by atoms with Gasteiger partial charge >= 0.3 is 0 Å². The Bertz CT molecular complexity index is 712. The lowest BCUT2D eigenvalue weighted by molar-refractivity contribution is 0.469. The zero-order chi connectivity index (χ0) is 15.6. The minimum Gasteiger partial charge on any atom is -0.456 e. The van der Waals surface area contributed by atoms with Crippen LogP contribution in [0.15, 0.2) is 24.3 Å². The number of benzene rings is 1. The van der Waals surface area contributed by atoms with Crippen molar-refractivity contribution in [1.82, 2.24) is 4.98 Å². The second-order valence-corrected chi connectivity index (χ2v) is 5.63. The van der Waals surface area contributed by atoms with Crippen LogP contribution >= 0.6 is 0 Å². The Morgan fingerprint density at radius 2 is 1.81 bits per heavy atom. The summed E-state index contributed by atoms with van der Waals surface area (Å²) in [5, 5.41) is 9.33. The van der Waals surface area contributed by atoms with Crippen LogP contribution in [0.5, 0.6) is 11.5 Å². The Morgan fingerprint density at radius 1 is 1.10 bits per heavy atom. The molecule has 108 valence electrons. The van der Waals surface area contributed by atoms with Crippen LogP contribution in [0.4, 0.5) is 0 Å². The first-order chi connectivity index (χ1) is 9.92. The molecule has 0 fully saturated rings. The Kier molecular flexibility index (Phi) is 4.28. The predicted molar refractivity (Wildman–Crippen MR) is 83.8 cm³/mol. The molecule has 1 heterocycles. The van der Waals surface area contributed by atoms with Gasteiger partial charge in [0, 0.05) is 11.8 Å². The van der Waals surface area contributed by atoms with Gasteiger partial charge in [-0.1, -0.05) is 26.0 Å². The molecule has 21 heavy (non-hydrogen) atoms. The summed E-state index contributed by atoms with van der Waals surface area (Å²) in [5.74, 6) is 1.75. The minimum absolute atomic E-state index is 0.357. The van der Waals surface area contributed by atoms with E-state index in [-0.39, 0.29) is 0 Å². The number of aryl methyl sites for hydroxylation is 3. The van der Waals surface area contributed by atoms with E-state index in [1.54, 1.807) is 0 Å². The molecule has 0 bridgehead atoms. The lowest BCUT2D eigenvalue weighted by atomic mass is 10.0. The average molecular weight is 280 g/mol. The van der Waals surface area contributed by atoms with Crippen molar-refractivity contribution in [2.24, 2.45) is 0 Å². The molecule has 1 aromatic carbocycles. The van der Waals surface area contributed by atoms with E-state index >= 15 is 0 Å². The van der Waals surface area contributed by atoms with Gasteiger partial charge in [0.15, 0.2) is 0 Å². The molecule has 2 rings (SSSR count). The average Bonchev–Trinajstić information content (AvgIpc) is 2.37. The predicted octanol–water partition coefficient (Wildman–Crippen LogP) is 4.79. The third-order valence-electron chi connectivity index (χ3n) is 3.42. The SMILES string of the molecule is Cc1ccc(C(C)C)c(Oc2cc(C)nc(C)c2C#N)c1. The maximum atomic E-state index is 9.33. The molecule has 3 nitrogen and oxygen atoms in total. The van der Waals surface area contributed by atoms with Crippen molar-refractivity contribution in [3.05, 3.63) is 52.3 Å². The Labute approximate surface area is 126 Å². The van der Waals surface area contributed by atoms with Gasteiger partial charge in [-0.25, -0.2) is 0 Å². The standard InChI is InChI=1S/C18H20N2O/c1-11(2)15-7-6-12(3)8-17(15)21-18-9-13(4)20-14(5)16(18)10-19/h6-9,11H,1-5H3. The van der Waals surface area contributed by atoms with Gasteiger partial charge in [-0.05, 0) is 43.9 Å². The molecule has 0 aliphatic rings. The molecule has 1 aromatic heterocycles. The van der Waals surface area contributed by atoms with Crippen molar-refractivity contribution < 1.29 is 4.74 Å². The van der Waals surface area contributed by atoms with Crippen LogP contribution in [-0.2, 0) is 0 Å². The van der Waals surface area contributed by atoms with E-state index < -0.39 is 0 Å². The first-order valence-corrected chi connectivity index (χ1v) is 7.09. The maximum absolute atomic E-state index is 9.33. The fraction of sp³-hybridized carbons (Fsp3) is 0.333. The van der Waals surface area contributed by atoms with E-state index in [1.807, 2.05) is 32.9 Å². The van der Waals surface area contributed by atoms with Gasteiger partial charge in [-0.15, -0.1) is 0 Å². The molecule has 3 heteroatoms. The second kappa shape index (κ2) is 5.97. The normalized spacial score (nSPS) is 10.5. The van der Waals surface area contributed by atoms with Crippen molar-refractivity contribution in [3.63, 3.8) is 0 Å². The number of nitriles is 1. The highest BCUT2D eigenvalue weighted by atomic mass is 16.5. The number of hydrogen-bond donors (Lipinski definition) is 0. The Morgan fingerprint density at radius 3 is 2.43 bits per heavy atom. The molecule has 0 amide bonds. The molecular formula is C18H20N2O. The van der Waals surface area contributed by atoms with Crippen molar-refractivity contribution >= 4 is 0 Å². The third-order valence-corrected chi connectivity index (χ3v) is 3.42. The van der Waals surface area contributed by atoms with Crippen LogP contribution in [0.3, 0.4) is 0 Å². The molecule has 0 unspecified atom stereocenters. The van der Waals surface area contributed by atoms with E-state index in [0.717, 1.165) is 22.6 Å². The van der Waals surface area contributed by atoms with E-state index in [9.17, 15) is 5.26 Å². The summed E-state index contributed by atoms with van der Waals surface area (Å²) in [6.45, 7) is 10.0. The molecule has 0 saturated carbocycles. The molecule has 0 spiro atoms. The highest BCUT2D eigenvalue weighted by molar-refractivity contribution is 5.50. The molecule has 0 aliphatic heterocycles. The minimum atomic E-state index is 0.357. The summed E-state index contributed by atoms with van der Waals surface area (Å²) in [6, 6.07) is 10.2. The van der Waals surface area contributed by atoms with Crippen LogP contribution in [-0.4, -0.2) is 4.98 Å². The molecule has 0 radical (unpaired) electrons. The monoisotopic (exact) mass is 280 g/mol. The fourth-order valence-corrected chi connectivity index (χ4v) is 2.33. The van der Waals surface area contributed by atoms with Gasteiger partial charge in [0.05, 0.1) is 5.69 Å². The van der Waals surface area contributed by atoms with Crippen LogP contribution in [0.25, 0.3) is 0 Å². The first-order valence-electron chi connectivity index (χ1n) is 7.09. The van der Waals surface area contributed by atoms with Gasteiger partial charge < -0.3 is 4.74 Å². The largest absolute Gasteiger partial charge is 0.456 e. The van der Waals surface area contributed by atoms with Gasteiger partial charge in [0.1, 0.15) is 23.1 Å². The lowest BCUT2D eigenvalue weighted by Gasteiger charge is -2.16. The summed E-state index contributed by atoms with van der Waals surface area (Å²) in [5.41, 5.74) is 4.32. The summed E-state index contributed by atoms with van der Waals surface area (Å²) in [4.78, 5) is 4.32. The van der Waals surface area contributed by atoms with Gasteiger partial charge in [-0.2, -0.15) is 5.26 Å². The van der Waals surface area contributed by atoms with Crippen molar-refractivity contribution in [2.45, 2.75) is 40.5 Å². The van der Waals surface area contributed by atoms with E-state index in [1.165, 1.54) is 0 Å². The number of ether oxygens (including phenoxy) is 1. The van der Waals surface area contributed by atoms with E-state index in [4.69, 9.17) is 4.74 Å². The number of pyridine rings is 1. The van der Waals surface area contributed by atoms with Crippen LogP contribution in [0.1, 0.15) is 47.8 Å². The highest BCUT2D eigenvalue weighted by Crippen LogP contribution is 2.33. The van der Waals surface area contributed by atoms with E-state index in [2.05, 4.69) is 37.0 Å². The molecule has 0 saturated heterocycles. The van der Waals surface area contributed by atoms with Gasteiger partial charge in [-0.3, -0.25) is 4.98 Å². The smallest absolute Gasteiger partial charge is 0.148 e. The summed E-state index contributed by atoms with van der Waals surface area (Å²) in [6.07, 6.45) is 0. The van der Waals surface area contributed by atoms with Crippen LogP contribution in [0, 0.1) is 32.1 Å². The maximum Gasteiger partial charge on any atom is 0.148 e. The van der Waals surface area contributed by atoms with Gasteiger partial charge in [0.2, 0.25) is 0 Å². The molecule has 0 atom stereocenters. The summed E-state index contributed by atoms with van der Waals surface area (Å²) < 4.78 is 6.07. The fourth-order valence-electron chi connectivity index (χ4n) is 2.33. The molecule has 2 aromatic rings. The zero-order valence-electron chi connectivity index (χ0n) is 13.2. The first kappa shape index (κ1) is 15.1. The van der Waals surface area contributed by atoms with Crippen LogP contribution < -0.4 is 4.74 Å². The highest BCUT2D eigenvalue weighted by Gasteiger charge is 2.14.